The number of hydrogen-bond acceptors (Lipinski definition) is 7. The number of ether oxygens (including phenoxy) is 2. The highest BCUT2D eigenvalue weighted by Gasteiger charge is 2.25. The molecule has 0 radical (unpaired) electrons. The number of amides is 2. The second-order valence-electron chi connectivity index (χ2n) is 8.70. The van der Waals surface area contributed by atoms with Gasteiger partial charge in [0.25, 0.3) is 5.91 Å². The van der Waals surface area contributed by atoms with Crippen LogP contribution in [0.1, 0.15) is 46.6 Å². The molecule has 2 rings (SSSR count). The summed E-state index contributed by atoms with van der Waals surface area (Å²) in [5.74, 6) is -0.442. The van der Waals surface area contributed by atoms with E-state index in [2.05, 4.69) is 27.5 Å². The van der Waals surface area contributed by atoms with Gasteiger partial charge in [-0.15, -0.1) is 11.3 Å². The number of thiazole rings is 1. The molecule has 0 aliphatic heterocycles. The molecule has 0 saturated carbocycles. The molecular weight excluding hydrogens is 464 g/mol. The third-order valence-corrected chi connectivity index (χ3v) is 5.28. The van der Waals surface area contributed by atoms with Crippen molar-refractivity contribution in [3.8, 4) is 11.3 Å². The SMILES string of the molecule is CC/C=C/N=C\C=C(/C)c1cccc(-c2csc(NC(=O)C(COC)NC(=O)OC(C)(C)C)n2)c1. The lowest BCUT2D eigenvalue weighted by molar-refractivity contribution is -0.119. The quantitative estimate of drug-likeness (QED) is 0.410. The molecule has 1 aromatic heterocycles. The van der Waals surface area contributed by atoms with Crippen molar-refractivity contribution < 1.29 is 19.1 Å². The first-order chi connectivity index (χ1) is 16.6. The Morgan fingerprint density at radius 3 is 2.74 bits per heavy atom. The van der Waals surface area contributed by atoms with Crippen molar-refractivity contribution in [1.29, 1.82) is 0 Å². The molecule has 1 heterocycles. The van der Waals surface area contributed by atoms with Crippen molar-refractivity contribution in [2.45, 2.75) is 52.7 Å². The van der Waals surface area contributed by atoms with E-state index in [-0.39, 0.29) is 6.61 Å². The van der Waals surface area contributed by atoms with E-state index in [1.165, 1.54) is 18.4 Å². The molecule has 1 atom stereocenters. The molecule has 0 aliphatic carbocycles. The molecule has 0 saturated heterocycles. The lowest BCUT2D eigenvalue weighted by atomic mass is 10.0. The first-order valence-corrected chi connectivity index (χ1v) is 12.2. The maximum absolute atomic E-state index is 12.7. The number of carbonyl (C=O) groups excluding carboxylic acids is 2. The zero-order valence-electron chi connectivity index (χ0n) is 21.1. The zero-order chi connectivity index (χ0) is 25.8. The maximum atomic E-state index is 12.7. The Morgan fingerprint density at radius 1 is 1.29 bits per heavy atom. The van der Waals surface area contributed by atoms with E-state index in [9.17, 15) is 9.59 Å². The second-order valence-corrected chi connectivity index (χ2v) is 9.56. The van der Waals surface area contributed by atoms with Crippen LogP contribution in [0.15, 0.2) is 53.0 Å². The number of methoxy groups -OCH3 is 1. The number of aromatic nitrogens is 1. The summed E-state index contributed by atoms with van der Waals surface area (Å²) in [6.07, 6.45) is 7.76. The van der Waals surface area contributed by atoms with Crippen molar-refractivity contribution in [3.63, 3.8) is 0 Å². The van der Waals surface area contributed by atoms with Gasteiger partial charge < -0.3 is 20.1 Å². The van der Waals surface area contributed by atoms with Crippen LogP contribution in [-0.2, 0) is 14.3 Å². The Labute approximate surface area is 211 Å². The number of carbonyl (C=O) groups is 2. The summed E-state index contributed by atoms with van der Waals surface area (Å²) >= 11 is 1.30. The molecule has 0 fully saturated rings. The van der Waals surface area contributed by atoms with E-state index < -0.39 is 23.6 Å². The minimum absolute atomic E-state index is 0.00545. The van der Waals surface area contributed by atoms with Crippen molar-refractivity contribution in [2.75, 3.05) is 19.0 Å². The summed E-state index contributed by atoms with van der Waals surface area (Å²) in [5, 5.41) is 7.58. The summed E-state index contributed by atoms with van der Waals surface area (Å²) in [4.78, 5) is 33.6. The molecule has 1 unspecified atom stereocenters. The van der Waals surface area contributed by atoms with Crippen LogP contribution in [0.3, 0.4) is 0 Å². The van der Waals surface area contributed by atoms with Crippen molar-refractivity contribution >= 4 is 40.3 Å². The molecular formula is C26H34N4O4S. The molecule has 35 heavy (non-hydrogen) atoms. The molecule has 1 aromatic carbocycles. The molecule has 0 aliphatic rings. The van der Waals surface area contributed by atoms with Gasteiger partial charge in [0.05, 0.1) is 12.3 Å². The first kappa shape index (κ1) is 27.9. The number of benzene rings is 1. The van der Waals surface area contributed by atoms with Gasteiger partial charge in [0, 0.05) is 30.5 Å². The molecule has 2 N–H and O–H groups in total. The van der Waals surface area contributed by atoms with Crippen LogP contribution in [0, 0.1) is 0 Å². The van der Waals surface area contributed by atoms with Crippen LogP contribution in [0.2, 0.25) is 0 Å². The Balaban J connectivity index is 2.09. The van der Waals surface area contributed by atoms with Crippen molar-refractivity contribution in [3.05, 3.63) is 53.6 Å². The Bertz CT molecular complexity index is 1080. The highest BCUT2D eigenvalue weighted by molar-refractivity contribution is 7.14. The highest BCUT2D eigenvalue weighted by Crippen LogP contribution is 2.27. The fourth-order valence-corrected chi connectivity index (χ4v) is 3.57. The molecule has 8 nitrogen and oxygen atoms in total. The molecule has 0 bridgehead atoms. The van der Waals surface area contributed by atoms with E-state index in [0.29, 0.717) is 5.13 Å². The van der Waals surface area contributed by atoms with Crippen LogP contribution in [-0.4, -0.2) is 48.6 Å². The summed E-state index contributed by atoms with van der Waals surface area (Å²) in [6.45, 7) is 9.33. The number of alkyl carbamates (subject to hydrolysis) is 1. The van der Waals surface area contributed by atoms with E-state index in [0.717, 1.165) is 28.8 Å². The standard InChI is InChI=1S/C26H34N4O4S/c1-7-8-13-27-14-12-18(2)19-10-9-11-20(15-19)22-17-35-24(28-22)30-23(31)21(16-33-6)29-25(32)34-26(3,4)5/h8-15,17,21H,7,16H2,1-6H3,(H,29,32)(H,28,30,31)/b13-8+,18-12+,27-14-. The third kappa shape index (κ3) is 9.84. The monoisotopic (exact) mass is 498 g/mol. The molecule has 2 aromatic rings. The fraction of sp³-hybridized carbons (Fsp3) is 0.385. The van der Waals surface area contributed by atoms with E-state index in [4.69, 9.17) is 9.47 Å². The number of rotatable bonds is 10. The largest absolute Gasteiger partial charge is 0.444 e. The van der Waals surface area contributed by atoms with Gasteiger partial charge in [0.2, 0.25) is 0 Å². The fourth-order valence-electron chi connectivity index (χ4n) is 2.85. The number of hydrogen-bond donors (Lipinski definition) is 2. The first-order valence-electron chi connectivity index (χ1n) is 11.3. The minimum atomic E-state index is -0.924. The lowest BCUT2D eigenvalue weighted by Gasteiger charge is -2.22. The predicted octanol–water partition coefficient (Wildman–Crippen LogP) is 5.69. The van der Waals surface area contributed by atoms with Crippen LogP contribution in [0.4, 0.5) is 9.93 Å². The number of anilines is 1. The Kier molecular flexibility index (Phi) is 10.8. The summed E-state index contributed by atoms with van der Waals surface area (Å²) < 4.78 is 10.3. The van der Waals surface area contributed by atoms with E-state index in [1.54, 1.807) is 33.2 Å². The van der Waals surface area contributed by atoms with Crippen LogP contribution in [0.5, 0.6) is 0 Å². The maximum Gasteiger partial charge on any atom is 0.408 e. The third-order valence-electron chi connectivity index (χ3n) is 4.53. The van der Waals surface area contributed by atoms with Gasteiger partial charge in [0.1, 0.15) is 11.6 Å². The molecule has 2 amide bonds. The van der Waals surface area contributed by atoms with Gasteiger partial charge in [0.15, 0.2) is 5.13 Å². The van der Waals surface area contributed by atoms with Gasteiger partial charge in [-0.2, -0.15) is 0 Å². The second kappa shape index (κ2) is 13.6. The minimum Gasteiger partial charge on any atom is -0.444 e. The van der Waals surface area contributed by atoms with Gasteiger partial charge in [-0.1, -0.05) is 31.2 Å². The topological polar surface area (TPSA) is 102 Å². The van der Waals surface area contributed by atoms with Gasteiger partial charge in [-0.25, -0.2) is 9.78 Å². The number of allylic oxidation sites excluding steroid dienone is 3. The van der Waals surface area contributed by atoms with Gasteiger partial charge in [-0.05, 0) is 57.4 Å². The lowest BCUT2D eigenvalue weighted by Crippen LogP contribution is -2.48. The Morgan fingerprint density at radius 2 is 2.06 bits per heavy atom. The molecule has 188 valence electrons. The average Bonchev–Trinajstić information content (AvgIpc) is 3.26. The zero-order valence-corrected chi connectivity index (χ0v) is 21.9. The number of aliphatic imine (C=N–C) groups is 1. The average molecular weight is 499 g/mol. The van der Waals surface area contributed by atoms with Crippen LogP contribution >= 0.6 is 11.3 Å². The normalized spacial score (nSPS) is 13.3. The highest BCUT2D eigenvalue weighted by atomic mass is 32.1. The number of nitrogens with zero attached hydrogens (tertiary/aromatic N) is 2. The summed E-state index contributed by atoms with van der Waals surface area (Å²) in [5.41, 5.74) is 3.11. The van der Waals surface area contributed by atoms with E-state index >= 15 is 0 Å². The van der Waals surface area contributed by atoms with Crippen molar-refractivity contribution in [2.24, 2.45) is 4.99 Å². The van der Waals surface area contributed by atoms with Crippen molar-refractivity contribution in [1.82, 2.24) is 10.3 Å². The van der Waals surface area contributed by atoms with Gasteiger partial charge >= 0.3 is 6.09 Å². The summed E-state index contributed by atoms with van der Waals surface area (Å²) in [6, 6.07) is 7.07. The smallest absolute Gasteiger partial charge is 0.408 e. The predicted molar refractivity (Wildman–Crippen MR) is 143 cm³/mol. The van der Waals surface area contributed by atoms with Crippen LogP contribution < -0.4 is 10.6 Å². The molecule has 9 heteroatoms. The Hall–Kier alpha value is -3.30. The van der Waals surface area contributed by atoms with E-state index in [1.807, 2.05) is 48.7 Å². The molecule has 0 spiro atoms. The number of nitrogens with one attached hydrogen (secondary N) is 2. The van der Waals surface area contributed by atoms with Crippen LogP contribution in [0.25, 0.3) is 16.8 Å². The summed E-state index contributed by atoms with van der Waals surface area (Å²) in [7, 11) is 1.45. The van der Waals surface area contributed by atoms with Gasteiger partial charge in [-0.3, -0.25) is 9.79 Å².